The molecule has 2 heterocycles. The normalized spacial score (nSPS) is 19.6. The lowest BCUT2D eigenvalue weighted by molar-refractivity contribution is 0.0342. The second-order valence-electron chi connectivity index (χ2n) is 4.19. The van der Waals surface area contributed by atoms with E-state index in [9.17, 15) is 0 Å². The predicted molar refractivity (Wildman–Crippen MR) is 63.7 cm³/mol. The molecule has 1 saturated heterocycles. The number of halogens is 1. The minimum atomic E-state index is 0.284. The highest BCUT2D eigenvalue weighted by atomic mass is 35.5. The fourth-order valence-electron chi connectivity index (χ4n) is 2.08. The van der Waals surface area contributed by atoms with Crippen LogP contribution in [-0.2, 0) is 11.3 Å². The number of hydrogen-bond acceptors (Lipinski definition) is 4. The van der Waals surface area contributed by atoms with Gasteiger partial charge < -0.3 is 14.2 Å². The summed E-state index contributed by atoms with van der Waals surface area (Å²) in [4.78, 5) is 2.33. The highest BCUT2D eigenvalue weighted by molar-refractivity contribution is 6.31. The van der Waals surface area contributed by atoms with Crippen molar-refractivity contribution in [1.82, 2.24) is 4.90 Å². The Morgan fingerprint density at radius 3 is 2.59 bits per heavy atom. The molecule has 5 heteroatoms. The molecule has 0 radical (unpaired) electrons. The van der Waals surface area contributed by atoms with Crippen LogP contribution in [0.1, 0.15) is 5.56 Å². The largest absolute Gasteiger partial charge is 0.454 e. The zero-order valence-corrected chi connectivity index (χ0v) is 10.2. The molecule has 0 spiro atoms. The summed E-state index contributed by atoms with van der Waals surface area (Å²) in [5, 5.41) is 0.737. The topological polar surface area (TPSA) is 30.9 Å². The van der Waals surface area contributed by atoms with Gasteiger partial charge in [-0.05, 0) is 11.6 Å². The summed E-state index contributed by atoms with van der Waals surface area (Å²) in [5.74, 6) is 1.53. The van der Waals surface area contributed by atoms with Gasteiger partial charge in [0, 0.05) is 30.7 Å². The van der Waals surface area contributed by atoms with Gasteiger partial charge in [0.05, 0.1) is 13.2 Å². The van der Waals surface area contributed by atoms with Crippen molar-refractivity contribution in [3.8, 4) is 11.5 Å². The smallest absolute Gasteiger partial charge is 0.231 e. The number of rotatable bonds is 2. The van der Waals surface area contributed by atoms with Crippen LogP contribution in [0.25, 0.3) is 0 Å². The lowest BCUT2D eigenvalue weighted by Gasteiger charge is -2.26. The van der Waals surface area contributed by atoms with Gasteiger partial charge in [-0.2, -0.15) is 0 Å². The van der Waals surface area contributed by atoms with Gasteiger partial charge in [-0.25, -0.2) is 0 Å². The van der Waals surface area contributed by atoms with Crippen LogP contribution < -0.4 is 9.47 Å². The summed E-state index contributed by atoms with van der Waals surface area (Å²) in [6.07, 6.45) is 0. The Labute approximate surface area is 105 Å². The monoisotopic (exact) mass is 255 g/mol. The first-order valence-corrected chi connectivity index (χ1v) is 6.09. The SMILES string of the molecule is Clc1cc2c(cc1CN1CCOCC1)OCO2. The number of ether oxygens (including phenoxy) is 3. The van der Waals surface area contributed by atoms with Crippen molar-refractivity contribution in [3.05, 3.63) is 22.7 Å². The molecule has 1 fully saturated rings. The molecule has 1 aromatic carbocycles. The van der Waals surface area contributed by atoms with Crippen molar-refractivity contribution in [2.75, 3.05) is 33.1 Å². The first-order chi connectivity index (χ1) is 8.33. The highest BCUT2D eigenvalue weighted by Gasteiger charge is 2.18. The molecule has 4 nitrogen and oxygen atoms in total. The molecule has 1 aromatic rings. The van der Waals surface area contributed by atoms with Crippen LogP contribution in [0.5, 0.6) is 11.5 Å². The van der Waals surface area contributed by atoms with Crippen LogP contribution in [0, 0.1) is 0 Å². The number of morpholine rings is 1. The van der Waals surface area contributed by atoms with Crippen molar-refractivity contribution >= 4 is 11.6 Å². The van der Waals surface area contributed by atoms with Crippen LogP contribution in [0.4, 0.5) is 0 Å². The van der Waals surface area contributed by atoms with Crippen molar-refractivity contribution < 1.29 is 14.2 Å². The number of fused-ring (bicyclic) bond motifs is 1. The Morgan fingerprint density at radius 2 is 1.82 bits per heavy atom. The molecule has 0 saturated carbocycles. The molecule has 0 atom stereocenters. The van der Waals surface area contributed by atoms with E-state index in [0.29, 0.717) is 0 Å². The van der Waals surface area contributed by atoms with Crippen molar-refractivity contribution in [3.63, 3.8) is 0 Å². The van der Waals surface area contributed by atoms with Crippen LogP contribution in [0.3, 0.4) is 0 Å². The molecule has 0 aliphatic carbocycles. The van der Waals surface area contributed by atoms with Crippen molar-refractivity contribution in [2.24, 2.45) is 0 Å². The maximum atomic E-state index is 6.23. The Balaban J connectivity index is 1.78. The molecule has 0 unspecified atom stereocenters. The average molecular weight is 256 g/mol. The molecular weight excluding hydrogens is 242 g/mol. The number of hydrogen-bond donors (Lipinski definition) is 0. The molecule has 92 valence electrons. The molecule has 3 rings (SSSR count). The maximum absolute atomic E-state index is 6.23. The van der Waals surface area contributed by atoms with E-state index in [1.165, 1.54) is 0 Å². The fourth-order valence-corrected chi connectivity index (χ4v) is 2.29. The zero-order valence-electron chi connectivity index (χ0n) is 9.45. The second kappa shape index (κ2) is 4.72. The standard InChI is InChI=1S/C12H14ClNO3/c13-10-6-12-11(16-8-17-12)5-9(10)7-14-1-3-15-4-2-14/h5-6H,1-4,7-8H2. The Hall–Kier alpha value is -0.970. The Morgan fingerprint density at radius 1 is 1.12 bits per heavy atom. The van der Waals surface area contributed by atoms with Crippen LogP contribution >= 0.6 is 11.6 Å². The van der Waals surface area contributed by atoms with Gasteiger partial charge in [-0.15, -0.1) is 0 Å². The van der Waals surface area contributed by atoms with E-state index in [2.05, 4.69) is 4.90 Å². The molecule has 2 aliphatic rings. The highest BCUT2D eigenvalue weighted by Crippen LogP contribution is 2.37. The van der Waals surface area contributed by atoms with Gasteiger partial charge in [-0.1, -0.05) is 11.6 Å². The molecule has 0 amide bonds. The van der Waals surface area contributed by atoms with Crippen molar-refractivity contribution in [1.29, 1.82) is 0 Å². The third-order valence-corrected chi connectivity index (χ3v) is 3.39. The first-order valence-electron chi connectivity index (χ1n) is 5.71. The lowest BCUT2D eigenvalue weighted by Crippen LogP contribution is -2.35. The van der Waals surface area contributed by atoms with Gasteiger partial charge in [0.15, 0.2) is 11.5 Å². The third kappa shape index (κ3) is 2.34. The number of benzene rings is 1. The summed E-state index contributed by atoms with van der Waals surface area (Å²) in [7, 11) is 0. The van der Waals surface area contributed by atoms with E-state index in [4.69, 9.17) is 25.8 Å². The molecular formula is C12H14ClNO3. The van der Waals surface area contributed by atoms with Gasteiger partial charge in [-0.3, -0.25) is 4.90 Å². The molecule has 17 heavy (non-hydrogen) atoms. The van der Waals surface area contributed by atoms with E-state index < -0.39 is 0 Å². The molecule has 2 aliphatic heterocycles. The average Bonchev–Trinajstić information content (AvgIpc) is 2.78. The summed E-state index contributed by atoms with van der Waals surface area (Å²) < 4.78 is 16.0. The quantitative estimate of drug-likeness (QED) is 0.808. The van der Waals surface area contributed by atoms with Gasteiger partial charge in [0.2, 0.25) is 6.79 Å². The third-order valence-electron chi connectivity index (χ3n) is 3.04. The number of nitrogens with zero attached hydrogens (tertiary/aromatic N) is 1. The Bertz CT molecular complexity index is 418. The maximum Gasteiger partial charge on any atom is 0.231 e. The summed E-state index contributed by atoms with van der Waals surface area (Å²) >= 11 is 6.23. The van der Waals surface area contributed by atoms with E-state index >= 15 is 0 Å². The van der Waals surface area contributed by atoms with Crippen LogP contribution in [0.2, 0.25) is 5.02 Å². The van der Waals surface area contributed by atoms with Gasteiger partial charge in [0.1, 0.15) is 0 Å². The van der Waals surface area contributed by atoms with Gasteiger partial charge >= 0.3 is 0 Å². The fraction of sp³-hybridized carbons (Fsp3) is 0.500. The second-order valence-corrected chi connectivity index (χ2v) is 4.59. The summed E-state index contributed by atoms with van der Waals surface area (Å²) in [6.45, 7) is 4.60. The minimum absolute atomic E-state index is 0.284. The summed E-state index contributed by atoms with van der Waals surface area (Å²) in [6, 6.07) is 3.81. The predicted octanol–water partition coefficient (Wildman–Crippen LogP) is 1.90. The van der Waals surface area contributed by atoms with Gasteiger partial charge in [0.25, 0.3) is 0 Å². The molecule has 0 bridgehead atoms. The van der Waals surface area contributed by atoms with E-state index in [0.717, 1.165) is 54.9 Å². The van der Waals surface area contributed by atoms with E-state index in [-0.39, 0.29) is 6.79 Å². The van der Waals surface area contributed by atoms with E-state index in [1.807, 2.05) is 12.1 Å². The lowest BCUT2D eigenvalue weighted by atomic mass is 10.2. The van der Waals surface area contributed by atoms with Crippen LogP contribution in [0.15, 0.2) is 12.1 Å². The minimum Gasteiger partial charge on any atom is -0.454 e. The zero-order chi connectivity index (χ0) is 11.7. The first kappa shape index (κ1) is 11.1. The molecule has 0 N–H and O–H groups in total. The Kier molecular flexibility index (Phi) is 3.09. The summed E-state index contributed by atoms with van der Waals surface area (Å²) in [5.41, 5.74) is 1.08. The molecule has 0 aromatic heterocycles. The van der Waals surface area contributed by atoms with E-state index in [1.54, 1.807) is 0 Å². The van der Waals surface area contributed by atoms with Crippen molar-refractivity contribution in [2.45, 2.75) is 6.54 Å². The van der Waals surface area contributed by atoms with Crippen LogP contribution in [-0.4, -0.2) is 38.0 Å².